The number of ether oxygens (including phenoxy) is 2. The highest BCUT2D eigenvalue weighted by molar-refractivity contribution is 5.56. The molecule has 0 spiro atoms. The number of hydrogen-bond acceptors (Lipinski definition) is 7. The monoisotopic (exact) mass is 392 g/mol. The topological polar surface area (TPSA) is 73.5 Å². The molecule has 5 rings (SSSR count). The van der Waals surface area contributed by atoms with E-state index in [2.05, 4.69) is 35.0 Å². The molecule has 3 aromatic rings. The number of benzene rings is 1. The van der Waals surface area contributed by atoms with Crippen molar-refractivity contribution in [2.45, 2.75) is 31.8 Å². The molecule has 7 heteroatoms. The van der Waals surface area contributed by atoms with Crippen LogP contribution in [0.25, 0.3) is 11.4 Å². The van der Waals surface area contributed by atoms with E-state index < -0.39 is 0 Å². The van der Waals surface area contributed by atoms with Gasteiger partial charge in [0, 0.05) is 36.8 Å². The van der Waals surface area contributed by atoms with Gasteiger partial charge in [0.05, 0.1) is 19.1 Å². The van der Waals surface area contributed by atoms with Crippen molar-refractivity contribution in [2.75, 3.05) is 31.2 Å². The van der Waals surface area contributed by atoms with Gasteiger partial charge in [-0.05, 0) is 32.0 Å². The van der Waals surface area contributed by atoms with Gasteiger partial charge >= 0.3 is 0 Å². The number of anilines is 1. The van der Waals surface area contributed by atoms with Gasteiger partial charge in [-0.1, -0.05) is 23.4 Å². The number of hydrogen-bond donors (Lipinski definition) is 0. The van der Waals surface area contributed by atoms with Crippen LogP contribution in [0.1, 0.15) is 37.6 Å². The van der Waals surface area contributed by atoms with Crippen molar-refractivity contribution >= 4 is 5.82 Å². The predicted octanol–water partition coefficient (Wildman–Crippen LogP) is 3.66. The van der Waals surface area contributed by atoms with E-state index in [0.29, 0.717) is 11.7 Å². The van der Waals surface area contributed by atoms with Crippen LogP contribution in [0.2, 0.25) is 0 Å². The second kappa shape index (κ2) is 7.15. The highest BCUT2D eigenvalue weighted by Gasteiger charge is 2.37. The van der Waals surface area contributed by atoms with Crippen molar-refractivity contribution in [1.82, 2.24) is 15.1 Å². The second-order valence-corrected chi connectivity index (χ2v) is 8.12. The minimum absolute atomic E-state index is 0.0109. The number of pyridine rings is 1. The zero-order valence-electron chi connectivity index (χ0n) is 16.7. The van der Waals surface area contributed by atoms with Crippen molar-refractivity contribution in [3.63, 3.8) is 0 Å². The molecule has 0 amide bonds. The van der Waals surface area contributed by atoms with Gasteiger partial charge in [-0.25, -0.2) is 4.98 Å². The lowest BCUT2D eigenvalue weighted by Crippen LogP contribution is -2.36. The van der Waals surface area contributed by atoms with Crippen molar-refractivity contribution in [1.29, 1.82) is 0 Å². The maximum absolute atomic E-state index is 6.12. The van der Waals surface area contributed by atoms with Gasteiger partial charge in [0.25, 0.3) is 0 Å². The van der Waals surface area contributed by atoms with E-state index in [9.17, 15) is 0 Å². The van der Waals surface area contributed by atoms with Crippen LogP contribution in [0.15, 0.2) is 47.1 Å². The van der Waals surface area contributed by atoms with Crippen molar-refractivity contribution in [3.8, 4) is 17.1 Å². The third-order valence-corrected chi connectivity index (χ3v) is 5.46. The van der Waals surface area contributed by atoms with E-state index in [0.717, 1.165) is 55.4 Å². The Morgan fingerprint density at radius 3 is 2.69 bits per heavy atom. The Labute approximate surface area is 169 Å². The summed E-state index contributed by atoms with van der Waals surface area (Å²) in [5.74, 6) is 3.01. The molecule has 7 nitrogen and oxygen atoms in total. The summed E-state index contributed by atoms with van der Waals surface area (Å²) in [5, 5.41) is 4.22. The Hall–Kier alpha value is -2.93. The Bertz CT molecular complexity index is 993. The summed E-state index contributed by atoms with van der Waals surface area (Å²) < 4.78 is 17.2. The number of nitrogens with zero attached hydrogens (tertiary/aromatic N) is 4. The summed E-state index contributed by atoms with van der Waals surface area (Å²) in [4.78, 5) is 11.5. The van der Waals surface area contributed by atoms with Gasteiger partial charge in [-0.15, -0.1) is 0 Å². The van der Waals surface area contributed by atoms with Gasteiger partial charge in [0.2, 0.25) is 11.7 Å². The number of morpholine rings is 1. The van der Waals surface area contributed by atoms with Gasteiger partial charge < -0.3 is 18.9 Å². The fraction of sp³-hybridized carbons (Fsp3) is 0.409. The van der Waals surface area contributed by atoms with E-state index in [-0.39, 0.29) is 11.5 Å². The van der Waals surface area contributed by atoms with Crippen LogP contribution >= 0.6 is 0 Å². The third kappa shape index (κ3) is 3.58. The molecule has 0 N–H and O–H groups in total. The first kappa shape index (κ1) is 18.1. The summed E-state index contributed by atoms with van der Waals surface area (Å²) in [6, 6.07) is 12.1. The molecule has 2 aliphatic heterocycles. The molecule has 2 aromatic heterocycles. The van der Waals surface area contributed by atoms with E-state index in [1.54, 1.807) is 6.20 Å². The standard InChI is InChI=1S/C22H24N4O3/c1-22(2)13-17(16-5-3-4-6-18(16)28-22)21-24-20(25-29-21)15-7-8-19(23-14-15)26-9-11-27-12-10-26/h3-8,14,17H,9-13H2,1-2H3. The lowest BCUT2D eigenvalue weighted by atomic mass is 9.84. The molecular formula is C22H24N4O3. The Morgan fingerprint density at radius 1 is 1.07 bits per heavy atom. The minimum Gasteiger partial charge on any atom is -0.488 e. The van der Waals surface area contributed by atoms with Crippen molar-refractivity contribution < 1.29 is 14.0 Å². The molecule has 1 aromatic carbocycles. The fourth-order valence-electron chi connectivity index (χ4n) is 4.01. The largest absolute Gasteiger partial charge is 0.488 e. The summed E-state index contributed by atoms with van der Waals surface area (Å²) in [5.41, 5.74) is 1.63. The van der Waals surface area contributed by atoms with Crippen molar-refractivity contribution in [3.05, 3.63) is 54.0 Å². The molecule has 150 valence electrons. The molecule has 29 heavy (non-hydrogen) atoms. The number of aromatic nitrogens is 3. The van der Waals surface area contributed by atoms with E-state index >= 15 is 0 Å². The fourth-order valence-corrected chi connectivity index (χ4v) is 4.01. The molecule has 1 saturated heterocycles. The lowest BCUT2D eigenvalue weighted by Gasteiger charge is -2.36. The molecule has 4 heterocycles. The van der Waals surface area contributed by atoms with Crippen LogP contribution in [0.4, 0.5) is 5.82 Å². The van der Waals surface area contributed by atoms with Gasteiger partial charge in [0.15, 0.2) is 0 Å². The van der Waals surface area contributed by atoms with Gasteiger partial charge in [-0.3, -0.25) is 0 Å². The van der Waals surface area contributed by atoms with E-state index in [4.69, 9.17) is 19.0 Å². The number of para-hydroxylation sites is 1. The summed E-state index contributed by atoms with van der Waals surface area (Å²) in [6.07, 6.45) is 2.58. The van der Waals surface area contributed by atoms with Crippen LogP contribution in [-0.2, 0) is 4.74 Å². The average Bonchev–Trinajstić information content (AvgIpc) is 3.23. The van der Waals surface area contributed by atoms with Crippen LogP contribution in [0.3, 0.4) is 0 Å². The maximum atomic E-state index is 6.12. The highest BCUT2D eigenvalue weighted by atomic mass is 16.5. The number of fused-ring (bicyclic) bond motifs is 1. The van der Waals surface area contributed by atoms with Crippen LogP contribution < -0.4 is 9.64 Å². The zero-order valence-corrected chi connectivity index (χ0v) is 16.7. The Morgan fingerprint density at radius 2 is 1.90 bits per heavy atom. The predicted molar refractivity (Wildman–Crippen MR) is 108 cm³/mol. The third-order valence-electron chi connectivity index (χ3n) is 5.46. The Kier molecular flexibility index (Phi) is 4.47. The number of rotatable bonds is 3. The molecular weight excluding hydrogens is 368 g/mol. The first-order chi connectivity index (χ1) is 14.1. The smallest absolute Gasteiger partial charge is 0.234 e. The van der Waals surface area contributed by atoms with Crippen LogP contribution in [0, 0.1) is 0 Å². The van der Waals surface area contributed by atoms with Crippen LogP contribution in [0.5, 0.6) is 5.75 Å². The molecule has 1 unspecified atom stereocenters. The normalized spacial score (nSPS) is 20.8. The molecule has 1 fully saturated rings. The SMILES string of the molecule is CC1(C)CC(c2nc(-c3ccc(N4CCOCC4)nc3)no2)c2ccccc2O1. The molecule has 1 atom stereocenters. The second-order valence-electron chi connectivity index (χ2n) is 8.12. The molecule has 0 saturated carbocycles. The van der Waals surface area contributed by atoms with Gasteiger partial charge in [0.1, 0.15) is 17.2 Å². The molecule has 0 radical (unpaired) electrons. The van der Waals surface area contributed by atoms with E-state index in [1.165, 1.54) is 0 Å². The van der Waals surface area contributed by atoms with Crippen LogP contribution in [-0.4, -0.2) is 47.0 Å². The first-order valence-electron chi connectivity index (χ1n) is 10.00. The summed E-state index contributed by atoms with van der Waals surface area (Å²) in [7, 11) is 0. The zero-order chi connectivity index (χ0) is 19.8. The summed E-state index contributed by atoms with van der Waals surface area (Å²) in [6.45, 7) is 7.36. The van der Waals surface area contributed by atoms with Crippen molar-refractivity contribution in [2.24, 2.45) is 0 Å². The Balaban J connectivity index is 1.41. The summed E-state index contributed by atoms with van der Waals surface area (Å²) >= 11 is 0. The quantitative estimate of drug-likeness (QED) is 0.673. The lowest BCUT2D eigenvalue weighted by molar-refractivity contribution is 0.0725. The van der Waals surface area contributed by atoms with Gasteiger partial charge in [-0.2, -0.15) is 4.98 Å². The molecule has 0 aliphatic carbocycles. The average molecular weight is 392 g/mol. The molecule has 0 bridgehead atoms. The molecule has 2 aliphatic rings. The highest BCUT2D eigenvalue weighted by Crippen LogP contribution is 2.43. The first-order valence-corrected chi connectivity index (χ1v) is 10.00. The minimum atomic E-state index is -0.297. The van der Waals surface area contributed by atoms with E-state index in [1.807, 2.05) is 30.3 Å². The maximum Gasteiger partial charge on any atom is 0.234 e.